The van der Waals surface area contributed by atoms with Crippen LogP contribution in [0.15, 0.2) is 34.9 Å². The molecule has 0 spiro atoms. The van der Waals surface area contributed by atoms with E-state index in [2.05, 4.69) is 25.4 Å². The van der Waals surface area contributed by atoms with Crippen LogP contribution in [0.4, 0.5) is 5.82 Å². The Balaban J connectivity index is 1.42. The Kier molecular flexibility index (Phi) is 4.51. The van der Waals surface area contributed by atoms with Gasteiger partial charge in [-0.25, -0.2) is 9.97 Å². The lowest BCUT2D eigenvalue weighted by atomic mass is 9.85. The zero-order valence-electron chi connectivity index (χ0n) is 14.6. The number of rotatable bonds is 6. The predicted molar refractivity (Wildman–Crippen MR) is 97.0 cm³/mol. The van der Waals surface area contributed by atoms with Gasteiger partial charge in [-0.1, -0.05) is 23.7 Å². The van der Waals surface area contributed by atoms with E-state index < -0.39 is 0 Å². The van der Waals surface area contributed by atoms with Crippen LogP contribution in [-0.2, 0) is 6.42 Å². The molecule has 2 heterocycles. The third-order valence-corrected chi connectivity index (χ3v) is 4.59. The van der Waals surface area contributed by atoms with Crippen LogP contribution in [0.1, 0.15) is 42.6 Å². The first kappa shape index (κ1) is 16.5. The lowest BCUT2D eigenvalue weighted by Gasteiger charge is -2.20. The van der Waals surface area contributed by atoms with Crippen LogP contribution in [0.2, 0.25) is 0 Å². The summed E-state index contributed by atoms with van der Waals surface area (Å²) >= 11 is 0. The Labute approximate surface area is 151 Å². The molecule has 1 saturated carbocycles. The molecule has 0 radical (unpaired) electrons. The third-order valence-electron chi connectivity index (χ3n) is 4.59. The maximum absolute atomic E-state index is 10.0. The van der Waals surface area contributed by atoms with E-state index in [1.165, 1.54) is 6.42 Å². The van der Waals surface area contributed by atoms with Crippen LogP contribution in [-0.4, -0.2) is 31.8 Å². The second-order valence-corrected chi connectivity index (χ2v) is 6.59. The van der Waals surface area contributed by atoms with Gasteiger partial charge in [0.2, 0.25) is 5.89 Å². The first-order chi connectivity index (χ1) is 12.7. The molecule has 0 saturated heterocycles. The maximum atomic E-state index is 10.0. The summed E-state index contributed by atoms with van der Waals surface area (Å²) in [5.41, 5.74) is 1.44. The van der Waals surface area contributed by atoms with E-state index in [-0.39, 0.29) is 5.75 Å². The van der Waals surface area contributed by atoms with Gasteiger partial charge in [-0.3, -0.25) is 0 Å². The van der Waals surface area contributed by atoms with Crippen molar-refractivity contribution in [1.82, 2.24) is 20.1 Å². The minimum absolute atomic E-state index is 0.166. The molecule has 0 aliphatic heterocycles. The summed E-state index contributed by atoms with van der Waals surface area (Å²) in [5, 5.41) is 17.3. The van der Waals surface area contributed by atoms with Gasteiger partial charge in [0.15, 0.2) is 11.6 Å². The van der Waals surface area contributed by atoms with Gasteiger partial charge in [-0.15, -0.1) is 0 Å². The molecule has 0 amide bonds. The molecule has 2 aromatic heterocycles. The van der Waals surface area contributed by atoms with E-state index >= 15 is 0 Å². The number of para-hydroxylation sites is 1. The number of aromatic nitrogens is 4. The van der Waals surface area contributed by atoms with Gasteiger partial charge in [-0.05, 0) is 31.9 Å². The fourth-order valence-corrected chi connectivity index (χ4v) is 2.93. The highest BCUT2D eigenvalue weighted by atomic mass is 16.5. The molecule has 4 rings (SSSR count). The summed E-state index contributed by atoms with van der Waals surface area (Å²) < 4.78 is 5.34. The highest BCUT2D eigenvalue weighted by Crippen LogP contribution is 2.35. The van der Waals surface area contributed by atoms with Crippen LogP contribution in [0, 0.1) is 6.92 Å². The summed E-state index contributed by atoms with van der Waals surface area (Å²) in [6.45, 7) is 2.54. The number of phenolic OH excluding ortho intramolecular Hbond substituents is 1. The van der Waals surface area contributed by atoms with Crippen molar-refractivity contribution in [2.24, 2.45) is 0 Å². The molecule has 1 aliphatic carbocycles. The monoisotopic (exact) mass is 351 g/mol. The predicted octanol–water partition coefficient (Wildman–Crippen LogP) is 3.46. The molecule has 0 unspecified atom stereocenters. The van der Waals surface area contributed by atoms with Gasteiger partial charge < -0.3 is 14.9 Å². The highest BCUT2D eigenvalue weighted by Gasteiger charge is 2.25. The second-order valence-electron chi connectivity index (χ2n) is 6.59. The normalized spacial score (nSPS) is 14.2. The fourth-order valence-electron chi connectivity index (χ4n) is 2.93. The molecule has 7 heteroatoms. The topological polar surface area (TPSA) is 97.0 Å². The zero-order chi connectivity index (χ0) is 17.9. The maximum Gasteiger partial charge on any atom is 0.229 e. The minimum atomic E-state index is 0.166. The number of nitrogens with zero attached hydrogens (tertiary/aromatic N) is 4. The number of anilines is 1. The summed E-state index contributed by atoms with van der Waals surface area (Å²) in [4.78, 5) is 13.4. The lowest BCUT2D eigenvalue weighted by molar-refractivity contribution is 0.291. The molecule has 0 bridgehead atoms. The molecular formula is C19H21N5O2. The summed E-state index contributed by atoms with van der Waals surface area (Å²) in [5.74, 6) is 3.31. The first-order valence-corrected chi connectivity index (χ1v) is 8.89. The highest BCUT2D eigenvalue weighted by molar-refractivity contribution is 5.64. The van der Waals surface area contributed by atoms with Crippen molar-refractivity contribution in [2.75, 3.05) is 11.9 Å². The molecule has 26 heavy (non-hydrogen) atoms. The van der Waals surface area contributed by atoms with E-state index in [0.29, 0.717) is 41.9 Å². The van der Waals surface area contributed by atoms with Crippen molar-refractivity contribution in [3.63, 3.8) is 0 Å². The Morgan fingerprint density at radius 1 is 1.19 bits per heavy atom. The number of phenols is 1. The summed E-state index contributed by atoms with van der Waals surface area (Å²) in [7, 11) is 0. The Hall–Kier alpha value is -2.96. The van der Waals surface area contributed by atoms with Gasteiger partial charge in [0, 0.05) is 30.6 Å². The average molecular weight is 351 g/mol. The first-order valence-electron chi connectivity index (χ1n) is 8.89. The van der Waals surface area contributed by atoms with Crippen LogP contribution >= 0.6 is 0 Å². The number of hydrogen-bond acceptors (Lipinski definition) is 7. The van der Waals surface area contributed by atoms with Gasteiger partial charge in [0.1, 0.15) is 11.6 Å². The number of benzene rings is 1. The summed E-state index contributed by atoms with van der Waals surface area (Å²) in [6.07, 6.45) is 4.20. The second kappa shape index (κ2) is 7.11. The fraction of sp³-hybridized carbons (Fsp3) is 0.368. The van der Waals surface area contributed by atoms with E-state index in [4.69, 9.17) is 4.52 Å². The molecule has 0 atom stereocenters. The van der Waals surface area contributed by atoms with Gasteiger partial charge in [0.05, 0.1) is 5.56 Å². The molecule has 3 aromatic rings. The molecule has 1 aliphatic rings. The molecule has 1 fully saturated rings. The van der Waals surface area contributed by atoms with E-state index in [1.54, 1.807) is 18.2 Å². The van der Waals surface area contributed by atoms with E-state index in [0.717, 1.165) is 24.4 Å². The van der Waals surface area contributed by atoms with E-state index in [9.17, 15) is 5.11 Å². The van der Waals surface area contributed by atoms with Crippen LogP contribution < -0.4 is 5.32 Å². The van der Waals surface area contributed by atoms with Crippen molar-refractivity contribution in [1.29, 1.82) is 0 Å². The average Bonchev–Trinajstić information content (AvgIpc) is 3.01. The largest absolute Gasteiger partial charge is 0.507 e. The number of hydrogen-bond donors (Lipinski definition) is 2. The Morgan fingerprint density at radius 2 is 2.04 bits per heavy atom. The molecule has 2 N–H and O–H groups in total. The van der Waals surface area contributed by atoms with Crippen molar-refractivity contribution < 1.29 is 9.63 Å². The zero-order valence-corrected chi connectivity index (χ0v) is 14.6. The number of aromatic hydroxyl groups is 1. The molecule has 134 valence electrons. The molecular weight excluding hydrogens is 330 g/mol. The van der Waals surface area contributed by atoms with Crippen LogP contribution in [0.25, 0.3) is 11.4 Å². The van der Waals surface area contributed by atoms with Crippen molar-refractivity contribution >= 4 is 5.82 Å². The van der Waals surface area contributed by atoms with Gasteiger partial charge in [0.25, 0.3) is 0 Å². The third kappa shape index (κ3) is 3.51. The Morgan fingerprint density at radius 3 is 2.81 bits per heavy atom. The van der Waals surface area contributed by atoms with Gasteiger partial charge in [-0.2, -0.15) is 4.98 Å². The lowest BCUT2D eigenvalue weighted by Crippen LogP contribution is -2.10. The van der Waals surface area contributed by atoms with E-state index in [1.807, 2.05) is 19.1 Å². The number of aryl methyl sites for hydroxylation is 1. The quantitative estimate of drug-likeness (QED) is 0.702. The number of nitrogens with one attached hydrogen (secondary N) is 1. The van der Waals surface area contributed by atoms with Crippen LogP contribution in [0.5, 0.6) is 5.75 Å². The standard InChI is InChI=1S/C19H21N5O2/c1-12-11-17(22-18(21-12)14-7-2-3-8-15(14)25)20-10-9-16-23-19(26-24-16)13-5-4-6-13/h2-3,7-8,11,13,25H,4-6,9-10H2,1H3,(H,20,21,22). The molecule has 1 aromatic carbocycles. The van der Waals surface area contributed by atoms with Crippen molar-refractivity contribution in [3.8, 4) is 17.1 Å². The SMILES string of the molecule is Cc1cc(NCCc2noc(C3CCC3)n2)nc(-c2ccccc2O)n1. The minimum Gasteiger partial charge on any atom is -0.507 e. The van der Waals surface area contributed by atoms with Crippen molar-refractivity contribution in [3.05, 3.63) is 47.7 Å². The summed E-state index contributed by atoms with van der Waals surface area (Å²) in [6, 6.07) is 8.93. The Bertz CT molecular complexity index is 904. The smallest absolute Gasteiger partial charge is 0.229 e. The van der Waals surface area contributed by atoms with Gasteiger partial charge >= 0.3 is 0 Å². The van der Waals surface area contributed by atoms with Crippen LogP contribution in [0.3, 0.4) is 0 Å². The van der Waals surface area contributed by atoms with Crippen molar-refractivity contribution in [2.45, 2.75) is 38.5 Å². The molecule has 7 nitrogen and oxygen atoms in total.